The van der Waals surface area contributed by atoms with Gasteiger partial charge in [0, 0.05) is 14.7 Å². The van der Waals surface area contributed by atoms with Crippen molar-refractivity contribution in [3.63, 3.8) is 0 Å². The molecule has 33 heavy (non-hydrogen) atoms. The van der Waals surface area contributed by atoms with E-state index in [4.69, 9.17) is 18.6 Å². The monoisotopic (exact) mass is 563 g/mol. The van der Waals surface area contributed by atoms with Crippen LogP contribution in [0, 0.1) is 3.57 Å². The number of carbonyl (C=O) groups is 2. The lowest BCUT2D eigenvalue weighted by molar-refractivity contribution is -0.120. The molecule has 2 aromatic carbocycles. The highest BCUT2D eigenvalue weighted by molar-refractivity contribution is 14.1. The first-order chi connectivity index (χ1) is 15.9. The summed E-state index contributed by atoms with van der Waals surface area (Å²) in [6, 6.07) is 14.4. The van der Waals surface area contributed by atoms with Crippen molar-refractivity contribution >= 4 is 40.6 Å². The van der Waals surface area contributed by atoms with Gasteiger partial charge >= 0.3 is 0 Å². The van der Waals surface area contributed by atoms with Gasteiger partial charge in [0.1, 0.15) is 11.5 Å². The molecule has 1 aromatic heterocycles. The molecule has 0 bridgehead atoms. The predicted molar refractivity (Wildman–Crippen MR) is 131 cm³/mol. The number of methoxy groups -OCH3 is 3. The molecule has 3 rings (SSSR count). The molecule has 0 atom stereocenters. The Morgan fingerprint density at radius 2 is 1.67 bits per heavy atom. The number of hydrogen-bond acceptors (Lipinski definition) is 7. The molecule has 9 nitrogen and oxygen atoms in total. The standard InChI is InChI=1S/C23H22IN3O6/c1-30-19-10-15(11-20(31-2)22(19)32-3)23(29)25-13-21(28)27-26-12-17-8-9-18(33-17)14-4-6-16(24)7-5-14/h4-12H,13H2,1-3H3,(H,25,29)(H,27,28)/b26-12-. The van der Waals surface area contributed by atoms with E-state index in [0.29, 0.717) is 28.8 Å². The summed E-state index contributed by atoms with van der Waals surface area (Å²) < 4.78 is 22.5. The molecule has 2 amide bonds. The van der Waals surface area contributed by atoms with E-state index in [1.54, 1.807) is 6.07 Å². The third-order valence-electron chi connectivity index (χ3n) is 4.47. The van der Waals surface area contributed by atoms with Crippen molar-refractivity contribution in [1.29, 1.82) is 0 Å². The lowest BCUT2D eigenvalue weighted by Gasteiger charge is -2.14. The van der Waals surface area contributed by atoms with E-state index in [-0.39, 0.29) is 12.1 Å². The number of rotatable bonds is 9. The summed E-state index contributed by atoms with van der Waals surface area (Å²) in [5.74, 6) is 1.21. The van der Waals surface area contributed by atoms with Crippen LogP contribution in [-0.4, -0.2) is 45.9 Å². The summed E-state index contributed by atoms with van der Waals surface area (Å²) >= 11 is 2.23. The summed E-state index contributed by atoms with van der Waals surface area (Å²) in [4.78, 5) is 24.5. The summed E-state index contributed by atoms with van der Waals surface area (Å²) in [5.41, 5.74) is 3.53. The lowest BCUT2D eigenvalue weighted by atomic mass is 10.1. The lowest BCUT2D eigenvalue weighted by Crippen LogP contribution is -2.34. The molecule has 0 unspecified atom stereocenters. The van der Waals surface area contributed by atoms with Crippen LogP contribution >= 0.6 is 22.6 Å². The fourth-order valence-corrected chi connectivity index (χ4v) is 3.23. The topological polar surface area (TPSA) is 111 Å². The van der Waals surface area contributed by atoms with Crippen molar-refractivity contribution in [2.75, 3.05) is 27.9 Å². The molecule has 0 radical (unpaired) electrons. The van der Waals surface area contributed by atoms with Crippen LogP contribution in [0.15, 0.2) is 58.0 Å². The Kier molecular flexibility index (Phi) is 8.30. The van der Waals surface area contributed by atoms with Gasteiger partial charge < -0.3 is 23.9 Å². The molecule has 3 aromatic rings. The van der Waals surface area contributed by atoms with E-state index in [1.165, 1.54) is 39.7 Å². The zero-order chi connectivity index (χ0) is 23.8. The average Bonchev–Trinajstić information content (AvgIpc) is 3.30. The predicted octanol–water partition coefficient (Wildman–Crippen LogP) is 3.46. The van der Waals surface area contributed by atoms with Crippen molar-refractivity contribution in [3.05, 3.63) is 63.4 Å². The Bertz CT molecular complexity index is 1130. The van der Waals surface area contributed by atoms with Gasteiger partial charge in [0.05, 0.1) is 34.1 Å². The molecule has 0 spiro atoms. The van der Waals surface area contributed by atoms with Gasteiger partial charge in [-0.3, -0.25) is 9.59 Å². The second kappa shape index (κ2) is 11.4. The highest BCUT2D eigenvalue weighted by atomic mass is 127. The van der Waals surface area contributed by atoms with Crippen LogP contribution in [0.25, 0.3) is 11.3 Å². The Balaban J connectivity index is 1.54. The minimum atomic E-state index is -0.503. The third-order valence-corrected chi connectivity index (χ3v) is 5.19. The van der Waals surface area contributed by atoms with E-state index >= 15 is 0 Å². The molecule has 10 heteroatoms. The maximum atomic E-state index is 12.4. The van der Waals surface area contributed by atoms with Crippen LogP contribution < -0.4 is 25.0 Å². The minimum absolute atomic E-state index is 0.250. The van der Waals surface area contributed by atoms with Crippen molar-refractivity contribution < 1.29 is 28.2 Å². The summed E-state index contributed by atoms with van der Waals surface area (Å²) in [6.07, 6.45) is 1.38. The minimum Gasteiger partial charge on any atom is -0.493 e. The zero-order valence-corrected chi connectivity index (χ0v) is 20.3. The number of nitrogens with one attached hydrogen (secondary N) is 2. The smallest absolute Gasteiger partial charge is 0.259 e. The maximum Gasteiger partial charge on any atom is 0.259 e. The first-order valence-electron chi connectivity index (χ1n) is 9.71. The van der Waals surface area contributed by atoms with Crippen molar-refractivity contribution in [2.45, 2.75) is 0 Å². The number of carbonyl (C=O) groups excluding carboxylic acids is 2. The first kappa shape index (κ1) is 24.1. The van der Waals surface area contributed by atoms with E-state index in [2.05, 4.69) is 38.4 Å². The molecule has 0 aliphatic heterocycles. The largest absolute Gasteiger partial charge is 0.493 e. The zero-order valence-electron chi connectivity index (χ0n) is 18.2. The normalized spacial score (nSPS) is 10.7. The molecule has 0 saturated carbocycles. The van der Waals surface area contributed by atoms with Crippen LogP contribution in [-0.2, 0) is 4.79 Å². The Morgan fingerprint density at radius 1 is 1.00 bits per heavy atom. The number of hydrogen-bond donors (Lipinski definition) is 2. The van der Waals surface area contributed by atoms with Crippen LogP contribution in [0.4, 0.5) is 0 Å². The molecular formula is C23H22IN3O6. The van der Waals surface area contributed by atoms with Gasteiger partial charge in [0.2, 0.25) is 5.75 Å². The van der Waals surface area contributed by atoms with E-state index in [9.17, 15) is 9.59 Å². The number of nitrogens with zero attached hydrogens (tertiary/aromatic N) is 1. The Morgan fingerprint density at radius 3 is 2.27 bits per heavy atom. The van der Waals surface area contributed by atoms with Gasteiger partial charge in [0.15, 0.2) is 11.5 Å². The number of ether oxygens (including phenoxy) is 3. The summed E-state index contributed by atoms with van der Waals surface area (Å²) in [5, 5.41) is 6.38. The molecular weight excluding hydrogens is 541 g/mol. The molecule has 1 heterocycles. The van der Waals surface area contributed by atoms with Gasteiger partial charge in [-0.05, 0) is 59.0 Å². The number of furan rings is 1. The van der Waals surface area contributed by atoms with E-state index in [1.807, 2.05) is 30.3 Å². The Labute approximate surface area is 204 Å². The molecule has 0 aliphatic carbocycles. The van der Waals surface area contributed by atoms with Gasteiger partial charge in [-0.2, -0.15) is 5.10 Å². The molecule has 0 saturated heterocycles. The molecule has 0 fully saturated rings. The van der Waals surface area contributed by atoms with Crippen molar-refractivity contribution in [2.24, 2.45) is 5.10 Å². The molecule has 2 N–H and O–H groups in total. The summed E-state index contributed by atoms with van der Waals surface area (Å²) in [7, 11) is 4.37. The highest BCUT2D eigenvalue weighted by Gasteiger charge is 2.17. The fraction of sp³-hybridized carbons (Fsp3) is 0.174. The van der Waals surface area contributed by atoms with Crippen molar-refractivity contribution in [3.8, 4) is 28.6 Å². The van der Waals surface area contributed by atoms with E-state index < -0.39 is 11.8 Å². The second-order valence-corrected chi connectivity index (χ2v) is 7.84. The van der Waals surface area contributed by atoms with Gasteiger partial charge in [0.25, 0.3) is 11.8 Å². The Hall–Kier alpha value is -3.54. The van der Waals surface area contributed by atoms with Crippen LogP contribution in [0.3, 0.4) is 0 Å². The van der Waals surface area contributed by atoms with Gasteiger partial charge in [-0.15, -0.1) is 0 Å². The maximum absolute atomic E-state index is 12.4. The SMILES string of the molecule is COc1cc(C(=O)NCC(=O)N/N=C\c2ccc(-c3ccc(I)cc3)o2)cc(OC)c1OC. The molecule has 172 valence electrons. The van der Waals surface area contributed by atoms with E-state index in [0.717, 1.165) is 9.13 Å². The first-order valence-corrected chi connectivity index (χ1v) is 10.8. The van der Waals surface area contributed by atoms with Crippen LogP contribution in [0.5, 0.6) is 17.2 Å². The van der Waals surface area contributed by atoms with Gasteiger partial charge in [-0.25, -0.2) is 5.43 Å². The van der Waals surface area contributed by atoms with Gasteiger partial charge in [-0.1, -0.05) is 12.1 Å². The van der Waals surface area contributed by atoms with Crippen molar-refractivity contribution in [1.82, 2.24) is 10.7 Å². The number of hydrazone groups is 1. The number of amides is 2. The molecule has 0 aliphatic rings. The highest BCUT2D eigenvalue weighted by Crippen LogP contribution is 2.38. The third kappa shape index (κ3) is 6.25. The second-order valence-electron chi connectivity index (χ2n) is 6.60. The summed E-state index contributed by atoms with van der Waals surface area (Å²) in [6.45, 7) is -0.279. The van der Waals surface area contributed by atoms with Crippen LogP contribution in [0.1, 0.15) is 16.1 Å². The fourth-order valence-electron chi connectivity index (χ4n) is 2.87. The average molecular weight is 563 g/mol. The number of benzene rings is 2. The quantitative estimate of drug-likeness (QED) is 0.235. The van der Waals surface area contributed by atoms with Crippen LogP contribution in [0.2, 0.25) is 0 Å². The number of halogens is 1.